The molecule has 19 heavy (non-hydrogen) atoms. The molecule has 1 atom stereocenters. The zero-order valence-electron chi connectivity index (χ0n) is 11.6. The molecular weight excluding hydrogens is 240 g/mol. The summed E-state index contributed by atoms with van der Waals surface area (Å²) in [4.78, 5) is 1.64. The van der Waals surface area contributed by atoms with Crippen molar-refractivity contribution in [3.63, 3.8) is 0 Å². The molecular formula is C14H20N4O. The molecule has 2 N–H and O–H groups in total. The van der Waals surface area contributed by atoms with Crippen molar-refractivity contribution in [3.05, 3.63) is 41.2 Å². The molecule has 0 saturated carbocycles. The Labute approximate surface area is 113 Å². The van der Waals surface area contributed by atoms with E-state index in [1.807, 2.05) is 6.92 Å². The van der Waals surface area contributed by atoms with Crippen LogP contribution in [0.15, 0.2) is 24.4 Å². The van der Waals surface area contributed by atoms with Gasteiger partial charge in [0.2, 0.25) is 0 Å². The Bertz CT molecular complexity index is 530. The van der Waals surface area contributed by atoms with Crippen molar-refractivity contribution in [1.82, 2.24) is 20.3 Å². The van der Waals surface area contributed by atoms with Crippen LogP contribution >= 0.6 is 0 Å². The van der Waals surface area contributed by atoms with Gasteiger partial charge in [-0.15, -0.1) is 0 Å². The van der Waals surface area contributed by atoms with Gasteiger partial charge in [-0.25, -0.2) is 0 Å². The third-order valence-electron chi connectivity index (χ3n) is 2.88. The van der Waals surface area contributed by atoms with Gasteiger partial charge in [-0.3, -0.25) is 0 Å². The lowest BCUT2D eigenvalue weighted by molar-refractivity contribution is 0.250. The number of aromatic nitrogens is 3. The molecule has 0 amide bonds. The number of hydrogen-bond donors (Lipinski definition) is 2. The SMILES string of the molecule is Cc1cc(C)cc(-n2ncc(CNC(C)CO)n2)c1. The standard InChI is InChI=1S/C14H20N4O/c1-10-4-11(2)6-14(5-10)18-16-8-13(17-18)7-15-12(3)9-19/h4-6,8,12,15,19H,7,9H2,1-3H3. The van der Waals surface area contributed by atoms with Crippen LogP contribution in [-0.4, -0.2) is 32.7 Å². The summed E-state index contributed by atoms with van der Waals surface area (Å²) in [5, 5.41) is 20.8. The van der Waals surface area contributed by atoms with Crippen LogP contribution in [-0.2, 0) is 6.54 Å². The van der Waals surface area contributed by atoms with Crippen molar-refractivity contribution >= 4 is 0 Å². The monoisotopic (exact) mass is 260 g/mol. The minimum Gasteiger partial charge on any atom is -0.395 e. The van der Waals surface area contributed by atoms with E-state index in [0.717, 1.165) is 11.4 Å². The summed E-state index contributed by atoms with van der Waals surface area (Å²) in [6.07, 6.45) is 1.74. The fourth-order valence-electron chi connectivity index (χ4n) is 1.91. The van der Waals surface area contributed by atoms with Crippen LogP contribution in [0.1, 0.15) is 23.7 Å². The lowest BCUT2D eigenvalue weighted by atomic mass is 10.1. The van der Waals surface area contributed by atoms with Crippen LogP contribution in [0, 0.1) is 13.8 Å². The molecule has 0 bridgehead atoms. The average Bonchev–Trinajstić information content (AvgIpc) is 2.83. The van der Waals surface area contributed by atoms with E-state index in [1.54, 1.807) is 11.0 Å². The van der Waals surface area contributed by atoms with Gasteiger partial charge in [0.05, 0.1) is 24.2 Å². The molecule has 0 fully saturated rings. The van der Waals surface area contributed by atoms with Crippen molar-refractivity contribution in [2.45, 2.75) is 33.4 Å². The molecule has 5 heteroatoms. The predicted molar refractivity (Wildman–Crippen MR) is 74.2 cm³/mol. The number of benzene rings is 1. The van der Waals surface area contributed by atoms with Gasteiger partial charge >= 0.3 is 0 Å². The molecule has 0 aliphatic rings. The van der Waals surface area contributed by atoms with Crippen LogP contribution in [0.5, 0.6) is 0 Å². The van der Waals surface area contributed by atoms with Crippen LogP contribution < -0.4 is 5.32 Å². The van der Waals surface area contributed by atoms with Crippen LogP contribution in [0.4, 0.5) is 0 Å². The quantitative estimate of drug-likeness (QED) is 0.852. The van der Waals surface area contributed by atoms with Crippen LogP contribution in [0.3, 0.4) is 0 Å². The van der Waals surface area contributed by atoms with Crippen LogP contribution in [0.25, 0.3) is 5.69 Å². The van der Waals surface area contributed by atoms with E-state index < -0.39 is 0 Å². The first-order chi connectivity index (χ1) is 9.08. The Morgan fingerprint density at radius 1 is 1.26 bits per heavy atom. The highest BCUT2D eigenvalue weighted by molar-refractivity contribution is 5.37. The fourth-order valence-corrected chi connectivity index (χ4v) is 1.91. The highest BCUT2D eigenvalue weighted by Crippen LogP contribution is 2.12. The summed E-state index contributed by atoms with van der Waals surface area (Å²) in [7, 11) is 0. The summed E-state index contributed by atoms with van der Waals surface area (Å²) in [6.45, 7) is 6.77. The van der Waals surface area contributed by atoms with Crippen molar-refractivity contribution in [2.24, 2.45) is 0 Å². The van der Waals surface area contributed by atoms with E-state index in [9.17, 15) is 0 Å². The first-order valence-electron chi connectivity index (χ1n) is 6.42. The molecule has 1 heterocycles. The highest BCUT2D eigenvalue weighted by atomic mass is 16.3. The molecule has 102 valence electrons. The summed E-state index contributed by atoms with van der Waals surface area (Å²) in [5.74, 6) is 0. The molecule has 0 saturated heterocycles. The van der Waals surface area contributed by atoms with E-state index >= 15 is 0 Å². The van der Waals surface area contributed by atoms with Gasteiger partial charge < -0.3 is 10.4 Å². The minimum atomic E-state index is 0.0614. The van der Waals surface area contributed by atoms with E-state index in [4.69, 9.17) is 5.11 Å². The molecule has 2 aromatic rings. The predicted octanol–water partition coefficient (Wildman–Crippen LogP) is 1.35. The maximum Gasteiger partial charge on any atom is 0.0969 e. The Morgan fingerprint density at radius 2 is 1.95 bits per heavy atom. The number of hydrogen-bond acceptors (Lipinski definition) is 4. The Kier molecular flexibility index (Phi) is 4.29. The maximum absolute atomic E-state index is 8.95. The molecule has 1 unspecified atom stereocenters. The van der Waals surface area contributed by atoms with Crippen molar-refractivity contribution in [1.29, 1.82) is 0 Å². The van der Waals surface area contributed by atoms with Gasteiger partial charge in [-0.05, 0) is 44.0 Å². The van der Waals surface area contributed by atoms with E-state index in [1.165, 1.54) is 11.1 Å². The lowest BCUT2D eigenvalue weighted by Gasteiger charge is -2.08. The summed E-state index contributed by atoms with van der Waals surface area (Å²) >= 11 is 0. The third-order valence-corrected chi connectivity index (χ3v) is 2.88. The van der Waals surface area contributed by atoms with E-state index in [-0.39, 0.29) is 12.6 Å². The molecule has 0 spiro atoms. The number of aliphatic hydroxyl groups is 1. The fraction of sp³-hybridized carbons (Fsp3) is 0.429. The van der Waals surface area contributed by atoms with Gasteiger partial charge in [0.15, 0.2) is 0 Å². The maximum atomic E-state index is 8.95. The Hall–Kier alpha value is -1.72. The minimum absolute atomic E-state index is 0.0614. The second-order valence-electron chi connectivity index (χ2n) is 4.94. The smallest absolute Gasteiger partial charge is 0.0969 e. The second-order valence-corrected chi connectivity index (χ2v) is 4.94. The summed E-state index contributed by atoms with van der Waals surface area (Å²) in [5.41, 5.74) is 4.22. The first-order valence-corrected chi connectivity index (χ1v) is 6.42. The van der Waals surface area contributed by atoms with Crippen molar-refractivity contribution in [3.8, 4) is 5.69 Å². The van der Waals surface area contributed by atoms with Gasteiger partial charge in [-0.1, -0.05) is 6.07 Å². The van der Waals surface area contributed by atoms with E-state index in [2.05, 4.69) is 47.6 Å². The Balaban J connectivity index is 2.12. The molecule has 5 nitrogen and oxygen atoms in total. The molecule has 0 aliphatic heterocycles. The third kappa shape index (κ3) is 3.62. The van der Waals surface area contributed by atoms with Gasteiger partial charge in [0.1, 0.15) is 0 Å². The van der Waals surface area contributed by atoms with E-state index in [0.29, 0.717) is 6.54 Å². The number of nitrogens with one attached hydrogen (secondary N) is 1. The number of aliphatic hydroxyl groups excluding tert-OH is 1. The van der Waals surface area contributed by atoms with Gasteiger partial charge in [0, 0.05) is 12.6 Å². The number of rotatable bonds is 5. The topological polar surface area (TPSA) is 63.0 Å². The average molecular weight is 260 g/mol. The molecule has 0 aliphatic carbocycles. The molecule has 2 rings (SSSR count). The second kappa shape index (κ2) is 5.95. The summed E-state index contributed by atoms with van der Waals surface area (Å²) < 4.78 is 0. The normalized spacial score (nSPS) is 12.6. The first kappa shape index (κ1) is 13.7. The zero-order valence-corrected chi connectivity index (χ0v) is 11.6. The van der Waals surface area contributed by atoms with Gasteiger partial charge in [-0.2, -0.15) is 15.0 Å². The molecule has 1 aromatic heterocycles. The van der Waals surface area contributed by atoms with Crippen molar-refractivity contribution < 1.29 is 5.11 Å². The molecule has 1 aromatic carbocycles. The largest absolute Gasteiger partial charge is 0.395 e. The zero-order chi connectivity index (χ0) is 13.8. The van der Waals surface area contributed by atoms with Crippen LogP contribution in [0.2, 0.25) is 0 Å². The molecule has 0 radical (unpaired) electrons. The number of aryl methyl sites for hydroxylation is 2. The highest BCUT2D eigenvalue weighted by Gasteiger charge is 2.05. The summed E-state index contributed by atoms with van der Waals surface area (Å²) in [6, 6.07) is 6.30. The number of nitrogens with zero attached hydrogens (tertiary/aromatic N) is 3. The lowest BCUT2D eigenvalue weighted by Crippen LogP contribution is -2.28. The van der Waals surface area contributed by atoms with Gasteiger partial charge in [0.25, 0.3) is 0 Å². The van der Waals surface area contributed by atoms with Crippen molar-refractivity contribution in [2.75, 3.05) is 6.61 Å². The Morgan fingerprint density at radius 3 is 2.58 bits per heavy atom.